The van der Waals surface area contributed by atoms with Crippen LogP contribution in [0, 0.1) is 0 Å². The molecule has 0 aliphatic carbocycles. The number of para-hydroxylation sites is 1. The molecule has 0 saturated heterocycles. The zero-order chi connectivity index (χ0) is 11.9. The van der Waals surface area contributed by atoms with Gasteiger partial charge in [-0.15, -0.1) is 0 Å². The molecule has 0 amide bonds. The molecule has 0 heterocycles. The van der Waals surface area contributed by atoms with Gasteiger partial charge < -0.3 is 9.47 Å². The third-order valence-electron chi connectivity index (χ3n) is 2.12. The Morgan fingerprint density at radius 1 is 0.824 bits per heavy atom. The number of carbonyl (C=O) groups is 1. The van der Waals surface area contributed by atoms with E-state index in [1.807, 2.05) is 30.3 Å². The van der Waals surface area contributed by atoms with Crippen LogP contribution in [0.3, 0.4) is 0 Å². The summed E-state index contributed by atoms with van der Waals surface area (Å²) in [7, 11) is 0. The van der Waals surface area contributed by atoms with Crippen molar-refractivity contribution in [1.29, 1.82) is 0 Å². The highest BCUT2D eigenvalue weighted by atomic mass is 16.5. The molecule has 0 aliphatic heterocycles. The van der Waals surface area contributed by atoms with Crippen molar-refractivity contribution in [1.82, 2.24) is 0 Å². The molecule has 3 heteroatoms. The fourth-order valence-electron chi connectivity index (χ4n) is 1.36. The molecule has 3 nitrogen and oxygen atoms in total. The summed E-state index contributed by atoms with van der Waals surface area (Å²) in [5, 5.41) is 0. The highest BCUT2D eigenvalue weighted by Gasteiger charge is 1.97. The van der Waals surface area contributed by atoms with Crippen LogP contribution in [0.1, 0.15) is 0 Å². The number of hydrogen-bond acceptors (Lipinski definition) is 3. The van der Waals surface area contributed by atoms with Crippen LogP contribution in [-0.2, 0) is 4.79 Å². The average molecular weight is 228 g/mol. The van der Waals surface area contributed by atoms with Gasteiger partial charge >= 0.3 is 0 Å². The molecule has 0 radical (unpaired) electrons. The minimum absolute atomic E-state index is 0.0683. The zero-order valence-corrected chi connectivity index (χ0v) is 9.21. The fraction of sp³-hybridized carbons (Fsp3) is 0.0714. The topological polar surface area (TPSA) is 35.5 Å². The van der Waals surface area contributed by atoms with E-state index >= 15 is 0 Å². The maximum absolute atomic E-state index is 10.1. The molecule has 0 spiro atoms. The number of rotatable bonds is 5. The number of ether oxygens (including phenoxy) is 2. The van der Waals surface area contributed by atoms with Crippen LogP contribution in [0.15, 0.2) is 54.6 Å². The number of carbonyl (C=O) groups excluding carboxylic acids is 1. The van der Waals surface area contributed by atoms with Gasteiger partial charge in [0.25, 0.3) is 0 Å². The van der Waals surface area contributed by atoms with Gasteiger partial charge in [0.2, 0.25) is 0 Å². The molecule has 0 atom stereocenters. The first kappa shape index (κ1) is 11.2. The molecule has 0 aliphatic rings. The minimum Gasteiger partial charge on any atom is -0.486 e. The van der Waals surface area contributed by atoms with E-state index in [0.29, 0.717) is 12.0 Å². The summed E-state index contributed by atoms with van der Waals surface area (Å²) in [6.07, 6.45) is 0.717. The van der Waals surface area contributed by atoms with Gasteiger partial charge in [0, 0.05) is 0 Å². The first-order valence-corrected chi connectivity index (χ1v) is 5.28. The quantitative estimate of drug-likeness (QED) is 0.738. The third-order valence-corrected chi connectivity index (χ3v) is 2.12. The molecular weight excluding hydrogens is 216 g/mol. The van der Waals surface area contributed by atoms with Crippen LogP contribution >= 0.6 is 0 Å². The number of benzene rings is 2. The predicted octanol–water partition coefficient (Wildman–Crippen LogP) is 3.06. The lowest BCUT2D eigenvalue weighted by Gasteiger charge is -2.06. The molecule has 2 aromatic carbocycles. The summed E-state index contributed by atoms with van der Waals surface area (Å²) < 4.78 is 10.7. The molecule has 0 fully saturated rings. The lowest BCUT2D eigenvalue weighted by Crippen LogP contribution is -1.97. The van der Waals surface area contributed by atoms with E-state index in [2.05, 4.69) is 0 Å². The van der Waals surface area contributed by atoms with Gasteiger partial charge in [-0.25, -0.2) is 0 Å². The number of aldehydes is 1. The highest BCUT2D eigenvalue weighted by Crippen LogP contribution is 2.23. The van der Waals surface area contributed by atoms with Crippen LogP contribution in [0.5, 0.6) is 17.2 Å². The Morgan fingerprint density at radius 2 is 1.41 bits per heavy atom. The second kappa shape index (κ2) is 5.70. The Hall–Kier alpha value is -2.29. The first-order valence-electron chi connectivity index (χ1n) is 5.28. The van der Waals surface area contributed by atoms with E-state index in [1.54, 1.807) is 24.3 Å². The standard InChI is InChI=1S/C14H12O3/c15-10-11-16-12-6-8-14(9-7-12)17-13-4-2-1-3-5-13/h1-10H,11H2. The van der Waals surface area contributed by atoms with Crippen molar-refractivity contribution in [3.05, 3.63) is 54.6 Å². The van der Waals surface area contributed by atoms with E-state index in [4.69, 9.17) is 9.47 Å². The van der Waals surface area contributed by atoms with Gasteiger partial charge in [-0.1, -0.05) is 18.2 Å². The Balaban J connectivity index is 2.01. The molecule has 0 bridgehead atoms. The summed E-state index contributed by atoms with van der Waals surface area (Å²) in [6, 6.07) is 16.7. The predicted molar refractivity (Wildman–Crippen MR) is 64.5 cm³/mol. The van der Waals surface area contributed by atoms with Gasteiger partial charge in [0.15, 0.2) is 6.29 Å². The van der Waals surface area contributed by atoms with E-state index in [1.165, 1.54) is 0 Å². The molecule has 0 unspecified atom stereocenters. The molecular formula is C14H12O3. The molecule has 17 heavy (non-hydrogen) atoms. The van der Waals surface area contributed by atoms with Crippen molar-refractivity contribution < 1.29 is 14.3 Å². The van der Waals surface area contributed by atoms with Crippen molar-refractivity contribution in [3.8, 4) is 17.2 Å². The molecule has 2 aromatic rings. The van der Waals surface area contributed by atoms with Crippen molar-refractivity contribution in [2.75, 3.05) is 6.61 Å². The van der Waals surface area contributed by atoms with Gasteiger partial charge in [0.05, 0.1) is 0 Å². The van der Waals surface area contributed by atoms with E-state index in [9.17, 15) is 4.79 Å². The maximum Gasteiger partial charge on any atom is 0.157 e. The largest absolute Gasteiger partial charge is 0.486 e. The Kier molecular flexibility index (Phi) is 3.76. The Bertz CT molecular complexity index is 463. The Morgan fingerprint density at radius 3 is 2.06 bits per heavy atom. The summed E-state index contributed by atoms with van der Waals surface area (Å²) in [5.41, 5.74) is 0. The van der Waals surface area contributed by atoms with Crippen molar-refractivity contribution >= 4 is 6.29 Å². The smallest absolute Gasteiger partial charge is 0.157 e. The van der Waals surface area contributed by atoms with Crippen LogP contribution < -0.4 is 9.47 Å². The lowest BCUT2D eigenvalue weighted by molar-refractivity contribution is -0.109. The summed E-state index contributed by atoms with van der Waals surface area (Å²) >= 11 is 0. The average Bonchev–Trinajstić information content (AvgIpc) is 2.39. The van der Waals surface area contributed by atoms with Crippen molar-refractivity contribution in [2.45, 2.75) is 0 Å². The normalized spacial score (nSPS) is 9.65. The molecule has 2 rings (SSSR count). The van der Waals surface area contributed by atoms with Crippen LogP contribution in [-0.4, -0.2) is 12.9 Å². The van der Waals surface area contributed by atoms with Gasteiger partial charge in [0.1, 0.15) is 23.9 Å². The Labute approximate surface area is 99.6 Å². The second-order valence-corrected chi connectivity index (χ2v) is 3.36. The summed E-state index contributed by atoms with van der Waals surface area (Å²) in [4.78, 5) is 10.1. The van der Waals surface area contributed by atoms with Gasteiger partial charge in [-0.3, -0.25) is 4.79 Å². The molecule has 0 N–H and O–H groups in total. The summed E-state index contributed by atoms with van der Waals surface area (Å²) in [5.74, 6) is 2.17. The minimum atomic E-state index is 0.0683. The molecule has 86 valence electrons. The van der Waals surface area contributed by atoms with Crippen molar-refractivity contribution in [3.63, 3.8) is 0 Å². The van der Waals surface area contributed by atoms with E-state index in [-0.39, 0.29) is 6.61 Å². The third kappa shape index (κ3) is 3.34. The molecule has 0 aromatic heterocycles. The second-order valence-electron chi connectivity index (χ2n) is 3.36. The number of hydrogen-bond donors (Lipinski definition) is 0. The molecule has 0 saturated carbocycles. The van der Waals surface area contributed by atoms with Crippen LogP contribution in [0.25, 0.3) is 0 Å². The van der Waals surface area contributed by atoms with Gasteiger partial charge in [-0.05, 0) is 36.4 Å². The SMILES string of the molecule is O=CCOc1ccc(Oc2ccccc2)cc1. The van der Waals surface area contributed by atoms with Crippen LogP contribution in [0.2, 0.25) is 0 Å². The maximum atomic E-state index is 10.1. The fourth-order valence-corrected chi connectivity index (χ4v) is 1.36. The lowest BCUT2D eigenvalue weighted by atomic mass is 10.3. The van der Waals surface area contributed by atoms with E-state index in [0.717, 1.165) is 11.5 Å². The summed E-state index contributed by atoms with van der Waals surface area (Å²) in [6.45, 7) is 0.0683. The highest BCUT2D eigenvalue weighted by molar-refractivity contribution is 5.51. The van der Waals surface area contributed by atoms with E-state index < -0.39 is 0 Å². The zero-order valence-electron chi connectivity index (χ0n) is 9.21. The van der Waals surface area contributed by atoms with Gasteiger partial charge in [-0.2, -0.15) is 0 Å². The van der Waals surface area contributed by atoms with Crippen LogP contribution in [0.4, 0.5) is 0 Å². The van der Waals surface area contributed by atoms with Crippen molar-refractivity contribution in [2.24, 2.45) is 0 Å². The first-order chi connectivity index (χ1) is 8.38. The monoisotopic (exact) mass is 228 g/mol.